The van der Waals surface area contributed by atoms with E-state index in [-0.39, 0.29) is 25.7 Å². The Morgan fingerprint density at radius 1 is 0.686 bits per heavy atom. The van der Waals surface area contributed by atoms with E-state index in [1.54, 1.807) is 6.92 Å². The molecule has 0 saturated carbocycles. The van der Waals surface area contributed by atoms with Crippen LogP contribution in [0, 0.1) is 0 Å². The van der Waals surface area contributed by atoms with Crippen LogP contribution in [0.15, 0.2) is 12.2 Å². The standard InChI is InChI=1S/C22H30O13/c1-5-14(25)30-11-12-19(32-15(26)6-2)20(33-16(27)7-3)21(34-17(28)8-4)22(31-12)35-18(29)10-9-13(23)24/h9-10,12,19-22H,5-8,11H2,1-4H3,(H,23,24)/b10-9+/t12-,19-,20+,21+,22-/m1/s1. The first kappa shape index (κ1) is 29.6. The predicted molar refractivity (Wildman–Crippen MR) is 113 cm³/mol. The van der Waals surface area contributed by atoms with Crippen LogP contribution in [0.1, 0.15) is 53.4 Å². The van der Waals surface area contributed by atoms with Gasteiger partial charge in [-0.2, -0.15) is 0 Å². The molecule has 35 heavy (non-hydrogen) atoms. The molecule has 0 bridgehead atoms. The Morgan fingerprint density at radius 3 is 1.66 bits per heavy atom. The van der Waals surface area contributed by atoms with E-state index in [4.69, 9.17) is 33.5 Å². The monoisotopic (exact) mass is 502 g/mol. The molecular weight excluding hydrogens is 472 g/mol. The molecule has 196 valence electrons. The number of carbonyl (C=O) groups is 6. The van der Waals surface area contributed by atoms with Crippen molar-refractivity contribution in [3.63, 3.8) is 0 Å². The number of carboxylic acids is 1. The van der Waals surface area contributed by atoms with Crippen LogP contribution < -0.4 is 0 Å². The molecule has 1 rings (SSSR count). The Morgan fingerprint density at radius 2 is 1.17 bits per heavy atom. The number of carbonyl (C=O) groups excluding carboxylic acids is 5. The van der Waals surface area contributed by atoms with Crippen molar-refractivity contribution in [1.82, 2.24) is 0 Å². The third-order valence-corrected chi connectivity index (χ3v) is 4.55. The third-order valence-electron chi connectivity index (χ3n) is 4.55. The van der Waals surface area contributed by atoms with E-state index in [0.717, 1.165) is 0 Å². The summed E-state index contributed by atoms with van der Waals surface area (Å²) in [6, 6.07) is 0. The molecule has 1 heterocycles. The molecule has 1 aliphatic rings. The van der Waals surface area contributed by atoms with Gasteiger partial charge in [0.25, 0.3) is 0 Å². The van der Waals surface area contributed by atoms with Crippen LogP contribution in [0.3, 0.4) is 0 Å². The molecule has 0 spiro atoms. The van der Waals surface area contributed by atoms with E-state index < -0.39 is 73.1 Å². The van der Waals surface area contributed by atoms with Crippen LogP contribution in [0.2, 0.25) is 0 Å². The van der Waals surface area contributed by atoms with Crippen molar-refractivity contribution in [2.45, 2.75) is 84.1 Å². The summed E-state index contributed by atoms with van der Waals surface area (Å²) in [4.78, 5) is 71.0. The molecule has 5 atom stereocenters. The van der Waals surface area contributed by atoms with Crippen molar-refractivity contribution in [1.29, 1.82) is 0 Å². The fourth-order valence-electron chi connectivity index (χ4n) is 2.78. The van der Waals surface area contributed by atoms with Gasteiger partial charge in [0, 0.05) is 37.8 Å². The minimum absolute atomic E-state index is 0.0233. The minimum Gasteiger partial charge on any atom is -0.478 e. The average Bonchev–Trinajstić information content (AvgIpc) is 2.83. The molecule has 0 aromatic carbocycles. The molecule has 1 fully saturated rings. The van der Waals surface area contributed by atoms with Crippen LogP contribution in [0.25, 0.3) is 0 Å². The summed E-state index contributed by atoms with van der Waals surface area (Å²) in [5.74, 6) is -5.48. The number of carboxylic acid groups (broad SMARTS) is 1. The Balaban J connectivity index is 3.45. The van der Waals surface area contributed by atoms with Crippen LogP contribution in [0.5, 0.6) is 0 Å². The second-order valence-electron chi connectivity index (χ2n) is 7.11. The van der Waals surface area contributed by atoms with Crippen LogP contribution in [0.4, 0.5) is 0 Å². The highest BCUT2D eigenvalue weighted by Crippen LogP contribution is 2.30. The lowest BCUT2D eigenvalue weighted by atomic mass is 9.98. The lowest BCUT2D eigenvalue weighted by Crippen LogP contribution is -2.63. The highest BCUT2D eigenvalue weighted by atomic mass is 16.7. The number of hydrogen-bond acceptors (Lipinski definition) is 12. The number of ether oxygens (including phenoxy) is 6. The van der Waals surface area contributed by atoms with Gasteiger partial charge in [-0.25, -0.2) is 9.59 Å². The summed E-state index contributed by atoms with van der Waals surface area (Å²) in [5, 5.41) is 8.72. The smallest absolute Gasteiger partial charge is 0.333 e. The van der Waals surface area contributed by atoms with Crippen molar-refractivity contribution < 1.29 is 62.3 Å². The average molecular weight is 502 g/mol. The van der Waals surface area contributed by atoms with Gasteiger partial charge in [-0.15, -0.1) is 0 Å². The maximum absolute atomic E-state index is 12.2. The Labute approximate surface area is 201 Å². The molecule has 1 aliphatic heterocycles. The molecule has 1 N–H and O–H groups in total. The molecular formula is C22H30O13. The lowest BCUT2D eigenvalue weighted by molar-refractivity contribution is -0.300. The highest BCUT2D eigenvalue weighted by Gasteiger charge is 2.54. The van der Waals surface area contributed by atoms with Gasteiger partial charge in [0.1, 0.15) is 12.7 Å². The fourth-order valence-corrected chi connectivity index (χ4v) is 2.78. The summed E-state index contributed by atoms with van der Waals surface area (Å²) in [7, 11) is 0. The molecule has 0 unspecified atom stereocenters. The molecule has 0 amide bonds. The zero-order valence-corrected chi connectivity index (χ0v) is 19.9. The summed E-state index contributed by atoms with van der Waals surface area (Å²) >= 11 is 0. The minimum atomic E-state index is -1.73. The van der Waals surface area contributed by atoms with Gasteiger partial charge < -0.3 is 33.5 Å². The van der Waals surface area contributed by atoms with Crippen molar-refractivity contribution >= 4 is 35.8 Å². The molecule has 13 heteroatoms. The van der Waals surface area contributed by atoms with E-state index in [2.05, 4.69) is 0 Å². The maximum Gasteiger partial charge on any atom is 0.333 e. The molecule has 13 nitrogen and oxygen atoms in total. The van der Waals surface area contributed by atoms with Crippen molar-refractivity contribution in [2.24, 2.45) is 0 Å². The zero-order valence-electron chi connectivity index (χ0n) is 19.9. The summed E-state index contributed by atoms with van der Waals surface area (Å²) < 4.78 is 32.0. The predicted octanol–water partition coefficient (Wildman–Crippen LogP) is 0.814. The largest absolute Gasteiger partial charge is 0.478 e. The number of esters is 5. The molecule has 0 aromatic heterocycles. The first-order chi connectivity index (χ1) is 16.6. The van der Waals surface area contributed by atoms with E-state index in [1.807, 2.05) is 0 Å². The van der Waals surface area contributed by atoms with Gasteiger partial charge in [0.2, 0.25) is 12.4 Å². The van der Waals surface area contributed by atoms with E-state index in [0.29, 0.717) is 12.2 Å². The van der Waals surface area contributed by atoms with Gasteiger partial charge in [0.15, 0.2) is 12.2 Å². The van der Waals surface area contributed by atoms with Crippen LogP contribution >= 0.6 is 0 Å². The van der Waals surface area contributed by atoms with Crippen molar-refractivity contribution in [2.75, 3.05) is 6.61 Å². The summed E-state index contributed by atoms with van der Waals surface area (Å²) in [6.45, 7) is 5.55. The summed E-state index contributed by atoms with van der Waals surface area (Å²) in [6.07, 6.45) is -6.67. The summed E-state index contributed by atoms with van der Waals surface area (Å²) in [5.41, 5.74) is 0. The van der Waals surface area contributed by atoms with Gasteiger partial charge in [-0.3, -0.25) is 19.2 Å². The quantitative estimate of drug-likeness (QED) is 0.225. The Kier molecular flexibility index (Phi) is 12.4. The first-order valence-corrected chi connectivity index (χ1v) is 11.1. The molecule has 0 radical (unpaired) electrons. The number of aliphatic carboxylic acids is 1. The van der Waals surface area contributed by atoms with Crippen molar-refractivity contribution in [3.8, 4) is 0 Å². The normalized spacial score (nSPS) is 23.7. The van der Waals surface area contributed by atoms with Crippen LogP contribution in [-0.4, -0.2) is 78.2 Å². The molecule has 0 aromatic rings. The Bertz CT molecular complexity index is 818. The Hall–Kier alpha value is -3.48. The lowest BCUT2D eigenvalue weighted by Gasteiger charge is -2.43. The van der Waals surface area contributed by atoms with Crippen LogP contribution in [-0.2, 0) is 57.2 Å². The first-order valence-electron chi connectivity index (χ1n) is 11.1. The molecule has 1 saturated heterocycles. The number of rotatable bonds is 12. The second kappa shape index (κ2) is 14.7. The maximum atomic E-state index is 12.2. The van der Waals surface area contributed by atoms with E-state index in [1.165, 1.54) is 20.8 Å². The van der Waals surface area contributed by atoms with Gasteiger partial charge in [0.05, 0.1) is 0 Å². The second-order valence-corrected chi connectivity index (χ2v) is 7.11. The van der Waals surface area contributed by atoms with Gasteiger partial charge >= 0.3 is 35.8 Å². The van der Waals surface area contributed by atoms with E-state index >= 15 is 0 Å². The van der Waals surface area contributed by atoms with E-state index in [9.17, 15) is 28.8 Å². The fraction of sp³-hybridized carbons (Fsp3) is 0.636. The van der Waals surface area contributed by atoms with Crippen molar-refractivity contribution in [3.05, 3.63) is 12.2 Å². The van der Waals surface area contributed by atoms with Gasteiger partial charge in [-0.1, -0.05) is 27.7 Å². The topological polar surface area (TPSA) is 178 Å². The number of hydrogen-bond donors (Lipinski definition) is 1. The zero-order chi connectivity index (χ0) is 26.5. The van der Waals surface area contributed by atoms with Gasteiger partial charge in [-0.05, 0) is 0 Å². The third kappa shape index (κ3) is 9.73. The SMILES string of the molecule is CCC(=O)OC[C@H]1O[C@H](OC(=O)/C=C/C(=O)O)[C@@H](OC(=O)CC)[C@@H](OC(=O)CC)[C@@H]1OC(=O)CC. The highest BCUT2D eigenvalue weighted by molar-refractivity contribution is 5.90. The molecule has 0 aliphatic carbocycles.